The van der Waals surface area contributed by atoms with Gasteiger partial charge in [-0.2, -0.15) is 11.8 Å². The Morgan fingerprint density at radius 2 is 2.24 bits per heavy atom. The van der Waals surface area contributed by atoms with E-state index in [0.29, 0.717) is 0 Å². The summed E-state index contributed by atoms with van der Waals surface area (Å²) < 4.78 is 27.0. The summed E-state index contributed by atoms with van der Waals surface area (Å²) in [4.78, 5) is 9.86. The highest BCUT2D eigenvalue weighted by atomic mass is 32.2. The molecule has 1 saturated heterocycles. The van der Waals surface area contributed by atoms with Gasteiger partial charge in [0.2, 0.25) is 10.0 Å². The summed E-state index contributed by atoms with van der Waals surface area (Å²) in [5, 5.41) is 11.0. The van der Waals surface area contributed by atoms with Gasteiger partial charge in [0, 0.05) is 23.0 Å². The van der Waals surface area contributed by atoms with Crippen LogP contribution < -0.4 is 10.5 Å². The first-order valence-corrected chi connectivity index (χ1v) is 8.88. The van der Waals surface area contributed by atoms with Gasteiger partial charge >= 0.3 is 0 Å². The molecule has 1 unspecified atom stereocenters. The summed E-state index contributed by atoms with van der Waals surface area (Å²) in [5.74, 6) is 0.997. The number of benzene rings is 1. The molecule has 7 nitrogen and oxygen atoms in total. The van der Waals surface area contributed by atoms with Crippen LogP contribution in [0.4, 0.5) is 11.4 Å². The summed E-state index contributed by atoms with van der Waals surface area (Å²) in [6.45, 7) is 2.23. The molecule has 0 aromatic heterocycles. The molecule has 9 heteroatoms. The van der Waals surface area contributed by atoms with Crippen LogP contribution in [0, 0.1) is 10.1 Å². The molecular formula is C12H17N3O4S2. The van der Waals surface area contributed by atoms with Crippen LogP contribution >= 0.6 is 11.8 Å². The molecule has 0 saturated carbocycles. The average molecular weight is 331 g/mol. The maximum absolute atomic E-state index is 12.3. The van der Waals surface area contributed by atoms with E-state index in [1.807, 2.05) is 6.92 Å². The second-order valence-electron chi connectivity index (χ2n) is 5.21. The van der Waals surface area contributed by atoms with Crippen molar-refractivity contribution in [1.29, 1.82) is 0 Å². The number of thioether (sulfide) groups is 1. The topological polar surface area (TPSA) is 115 Å². The maximum atomic E-state index is 12.3. The Balaban J connectivity index is 2.27. The average Bonchev–Trinajstić information content (AvgIpc) is 2.84. The minimum absolute atomic E-state index is 0.165. The van der Waals surface area contributed by atoms with Crippen LogP contribution in [0.5, 0.6) is 0 Å². The molecule has 2 rings (SSSR count). The lowest BCUT2D eigenvalue weighted by Gasteiger charge is -2.22. The van der Waals surface area contributed by atoms with Gasteiger partial charge in [-0.05, 0) is 37.7 Å². The summed E-state index contributed by atoms with van der Waals surface area (Å²) in [5.41, 5.74) is 5.25. The highest BCUT2D eigenvalue weighted by Crippen LogP contribution is 2.37. The van der Waals surface area contributed by atoms with Gasteiger partial charge < -0.3 is 5.73 Å². The van der Waals surface area contributed by atoms with Crippen LogP contribution in [0.25, 0.3) is 0 Å². The number of nitrogens with one attached hydrogen (secondary N) is 1. The molecule has 0 aliphatic carbocycles. The number of nitrogen functional groups attached to an aromatic ring is 1. The van der Waals surface area contributed by atoms with Crippen molar-refractivity contribution < 1.29 is 13.3 Å². The molecule has 0 radical (unpaired) electrons. The largest absolute Gasteiger partial charge is 0.399 e. The lowest BCUT2D eigenvalue weighted by molar-refractivity contribution is -0.387. The predicted octanol–water partition coefficient (Wildman–Crippen LogP) is 1.74. The molecule has 0 spiro atoms. The number of nitrogens with zero attached hydrogens (tertiary/aromatic N) is 1. The minimum Gasteiger partial charge on any atom is -0.399 e. The van der Waals surface area contributed by atoms with Crippen molar-refractivity contribution >= 4 is 33.2 Å². The zero-order valence-corrected chi connectivity index (χ0v) is 13.2. The van der Waals surface area contributed by atoms with Crippen LogP contribution in [0.1, 0.15) is 19.8 Å². The number of nitro groups is 1. The summed E-state index contributed by atoms with van der Waals surface area (Å²) in [6, 6.07) is 3.53. The van der Waals surface area contributed by atoms with Crippen LogP contribution in [-0.4, -0.2) is 30.4 Å². The van der Waals surface area contributed by atoms with Crippen molar-refractivity contribution in [2.75, 3.05) is 18.0 Å². The Bertz CT molecular complexity index is 654. The number of anilines is 1. The van der Waals surface area contributed by atoms with Crippen molar-refractivity contribution in [3.8, 4) is 0 Å². The van der Waals surface area contributed by atoms with E-state index in [0.717, 1.165) is 30.7 Å². The molecule has 1 atom stereocenters. The second kappa shape index (κ2) is 5.82. The Kier molecular flexibility index (Phi) is 4.45. The monoisotopic (exact) mass is 331 g/mol. The first kappa shape index (κ1) is 16.1. The van der Waals surface area contributed by atoms with E-state index in [4.69, 9.17) is 5.73 Å². The zero-order valence-electron chi connectivity index (χ0n) is 11.5. The predicted molar refractivity (Wildman–Crippen MR) is 82.8 cm³/mol. The second-order valence-corrected chi connectivity index (χ2v) is 8.63. The van der Waals surface area contributed by atoms with E-state index in [-0.39, 0.29) is 21.9 Å². The van der Waals surface area contributed by atoms with E-state index < -0.39 is 20.6 Å². The van der Waals surface area contributed by atoms with Gasteiger partial charge in [-0.25, -0.2) is 13.1 Å². The van der Waals surface area contributed by atoms with Crippen LogP contribution in [-0.2, 0) is 10.0 Å². The van der Waals surface area contributed by atoms with Gasteiger partial charge in [0.05, 0.1) is 4.92 Å². The molecule has 0 amide bonds. The molecule has 1 aromatic rings. The molecular weight excluding hydrogens is 314 g/mol. The van der Waals surface area contributed by atoms with E-state index in [1.54, 1.807) is 11.8 Å². The first-order chi connectivity index (χ1) is 9.73. The molecule has 0 bridgehead atoms. The minimum atomic E-state index is -3.97. The Morgan fingerprint density at radius 3 is 2.81 bits per heavy atom. The van der Waals surface area contributed by atoms with Crippen LogP contribution in [0.3, 0.4) is 0 Å². The number of sulfonamides is 1. The van der Waals surface area contributed by atoms with Gasteiger partial charge in [0.15, 0.2) is 4.90 Å². The lowest BCUT2D eigenvalue weighted by Crippen LogP contribution is -2.37. The third-order valence-corrected chi connectivity index (χ3v) is 6.38. The highest BCUT2D eigenvalue weighted by molar-refractivity contribution is 8.01. The van der Waals surface area contributed by atoms with Crippen molar-refractivity contribution in [3.05, 3.63) is 28.3 Å². The highest BCUT2D eigenvalue weighted by Gasteiger charge is 2.33. The summed E-state index contributed by atoms with van der Waals surface area (Å²) >= 11 is 1.71. The van der Waals surface area contributed by atoms with E-state index >= 15 is 0 Å². The molecule has 1 fully saturated rings. The van der Waals surface area contributed by atoms with Crippen LogP contribution in [0.15, 0.2) is 23.1 Å². The Morgan fingerprint density at radius 1 is 1.52 bits per heavy atom. The molecule has 1 aromatic carbocycles. The standard InChI is InChI=1S/C12H17N3O4S2/c1-12(5-2-6-20-12)8-14-21(18,19)11-7-9(13)3-4-10(11)15(16)17/h3-4,7,14H,2,5-6,8,13H2,1H3. The van der Waals surface area contributed by atoms with Crippen molar-refractivity contribution in [3.63, 3.8) is 0 Å². The number of nitrogens with two attached hydrogens (primary N) is 1. The van der Waals surface area contributed by atoms with Gasteiger partial charge in [-0.1, -0.05) is 0 Å². The fourth-order valence-corrected chi connectivity index (χ4v) is 4.91. The van der Waals surface area contributed by atoms with E-state index in [9.17, 15) is 18.5 Å². The molecule has 3 N–H and O–H groups in total. The van der Waals surface area contributed by atoms with Crippen molar-refractivity contribution in [1.82, 2.24) is 4.72 Å². The number of nitro benzene ring substituents is 1. The fourth-order valence-electron chi connectivity index (χ4n) is 2.20. The van der Waals surface area contributed by atoms with Gasteiger partial charge in [-0.3, -0.25) is 10.1 Å². The molecule has 1 aliphatic heterocycles. The van der Waals surface area contributed by atoms with E-state index in [1.165, 1.54) is 6.07 Å². The van der Waals surface area contributed by atoms with Gasteiger partial charge in [0.25, 0.3) is 5.69 Å². The van der Waals surface area contributed by atoms with Gasteiger partial charge in [-0.15, -0.1) is 0 Å². The molecule has 21 heavy (non-hydrogen) atoms. The number of rotatable bonds is 5. The zero-order chi connectivity index (χ0) is 15.7. The third-order valence-electron chi connectivity index (χ3n) is 3.41. The number of hydrogen-bond donors (Lipinski definition) is 2. The lowest BCUT2D eigenvalue weighted by atomic mass is 10.1. The molecule has 1 aliphatic rings. The smallest absolute Gasteiger partial charge is 0.289 e. The van der Waals surface area contributed by atoms with Crippen molar-refractivity contribution in [2.24, 2.45) is 0 Å². The third kappa shape index (κ3) is 3.66. The number of hydrogen-bond acceptors (Lipinski definition) is 6. The SMILES string of the molecule is CC1(CNS(=O)(=O)c2cc(N)ccc2[N+](=O)[O-])CCCS1. The fraction of sp³-hybridized carbons (Fsp3) is 0.500. The summed E-state index contributed by atoms with van der Waals surface area (Å²) in [7, 11) is -3.97. The van der Waals surface area contributed by atoms with Gasteiger partial charge in [0.1, 0.15) is 0 Å². The molecule has 116 valence electrons. The Labute approximate surface area is 127 Å². The van der Waals surface area contributed by atoms with Crippen LogP contribution in [0.2, 0.25) is 0 Å². The normalized spacial score (nSPS) is 22.3. The summed E-state index contributed by atoms with van der Waals surface area (Å²) in [6.07, 6.45) is 1.96. The molecule has 1 heterocycles. The first-order valence-electron chi connectivity index (χ1n) is 6.41. The van der Waals surface area contributed by atoms with Crippen molar-refractivity contribution in [2.45, 2.75) is 29.4 Å². The maximum Gasteiger partial charge on any atom is 0.289 e. The quantitative estimate of drug-likeness (QED) is 0.482. The Hall–Kier alpha value is -1.32. The van der Waals surface area contributed by atoms with E-state index in [2.05, 4.69) is 4.72 Å².